The fraction of sp³-hybridized carbons (Fsp3) is 0.355. The molecule has 5 rings (SSSR count). The first kappa shape index (κ1) is 26.7. The van der Waals surface area contributed by atoms with E-state index in [1.165, 1.54) is 11.8 Å². The van der Waals surface area contributed by atoms with Crippen LogP contribution in [0, 0.1) is 0 Å². The molecular formula is C31H36N4O4. The van der Waals surface area contributed by atoms with E-state index in [0.717, 1.165) is 49.3 Å². The molecule has 0 saturated carbocycles. The second-order valence-electron chi connectivity index (χ2n) is 11.0. The average molecular weight is 529 g/mol. The van der Waals surface area contributed by atoms with Gasteiger partial charge in [0.15, 0.2) is 5.76 Å². The largest absolute Gasteiger partial charge is 0.459 e. The minimum absolute atomic E-state index is 0.0701. The maximum absolute atomic E-state index is 13.4. The van der Waals surface area contributed by atoms with Crippen LogP contribution >= 0.6 is 0 Å². The van der Waals surface area contributed by atoms with Gasteiger partial charge in [0.25, 0.3) is 11.8 Å². The normalized spacial score (nSPS) is 14.4. The number of aromatic nitrogens is 1. The van der Waals surface area contributed by atoms with Crippen LogP contribution in [0.25, 0.3) is 10.9 Å². The van der Waals surface area contributed by atoms with Crippen LogP contribution in [0.4, 0.5) is 5.69 Å². The lowest BCUT2D eigenvalue weighted by molar-refractivity contribution is 0.0383. The van der Waals surface area contributed by atoms with Crippen LogP contribution in [0.1, 0.15) is 52.9 Å². The molecule has 4 aromatic rings. The Hall–Kier alpha value is -3.88. The van der Waals surface area contributed by atoms with Gasteiger partial charge in [-0.25, -0.2) is 0 Å². The van der Waals surface area contributed by atoms with Crippen LogP contribution in [0.3, 0.4) is 0 Å². The predicted octanol–water partition coefficient (Wildman–Crippen LogP) is 4.89. The van der Waals surface area contributed by atoms with Crippen LogP contribution < -0.4 is 10.6 Å². The van der Waals surface area contributed by atoms with E-state index in [4.69, 9.17) is 9.15 Å². The van der Waals surface area contributed by atoms with Gasteiger partial charge in [0.1, 0.15) is 5.69 Å². The van der Waals surface area contributed by atoms with Gasteiger partial charge < -0.3 is 24.4 Å². The summed E-state index contributed by atoms with van der Waals surface area (Å²) >= 11 is 0. The standard InChI is InChI=1S/C31H36N4O4/c1-31(2,3)24-8-6-22(7-9-24)21-35-26-11-10-25(33-30(37)28-5-4-16-39-28)19-23(26)20-27(35)29(36)32-12-13-34-14-17-38-18-15-34/h4-11,16,19-20H,12-15,17-18,21H2,1-3H3,(H,32,36)(H,33,37). The van der Waals surface area contributed by atoms with Crippen LogP contribution in [-0.4, -0.2) is 60.7 Å². The molecule has 2 aromatic heterocycles. The van der Waals surface area contributed by atoms with Crippen LogP contribution in [0.15, 0.2) is 71.3 Å². The number of amides is 2. The van der Waals surface area contributed by atoms with Gasteiger partial charge in [-0.05, 0) is 52.9 Å². The summed E-state index contributed by atoms with van der Waals surface area (Å²) in [5.74, 6) is -0.197. The number of nitrogens with zero attached hydrogens (tertiary/aromatic N) is 2. The highest BCUT2D eigenvalue weighted by molar-refractivity contribution is 6.04. The van der Waals surface area contributed by atoms with Crippen molar-refractivity contribution in [2.24, 2.45) is 0 Å². The van der Waals surface area contributed by atoms with Crippen molar-refractivity contribution in [2.75, 3.05) is 44.7 Å². The summed E-state index contributed by atoms with van der Waals surface area (Å²) in [6.07, 6.45) is 1.47. The Labute approximate surface area is 228 Å². The lowest BCUT2D eigenvalue weighted by Crippen LogP contribution is -2.41. The topological polar surface area (TPSA) is 88.7 Å². The number of morpholine rings is 1. The van der Waals surface area contributed by atoms with Crippen molar-refractivity contribution in [1.82, 2.24) is 14.8 Å². The zero-order valence-electron chi connectivity index (χ0n) is 22.8. The third-order valence-electron chi connectivity index (χ3n) is 7.11. The molecule has 8 heteroatoms. The molecule has 0 aliphatic carbocycles. The highest BCUT2D eigenvalue weighted by atomic mass is 16.5. The first-order valence-electron chi connectivity index (χ1n) is 13.4. The smallest absolute Gasteiger partial charge is 0.291 e. The number of nitrogens with one attached hydrogen (secondary N) is 2. The maximum atomic E-state index is 13.4. The maximum Gasteiger partial charge on any atom is 0.291 e. The van der Waals surface area contributed by atoms with Crippen LogP contribution in [0.5, 0.6) is 0 Å². The lowest BCUT2D eigenvalue weighted by atomic mass is 9.87. The van der Waals surface area contributed by atoms with Gasteiger partial charge in [-0.2, -0.15) is 0 Å². The molecule has 8 nitrogen and oxygen atoms in total. The van der Waals surface area contributed by atoms with E-state index in [0.29, 0.717) is 24.5 Å². The minimum atomic E-state index is -0.321. The molecule has 3 heterocycles. The van der Waals surface area contributed by atoms with E-state index in [2.05, 4.69) is 60.6 Å². The summed E-state index contributed by atoms with van der Waals surface area (Å²) < 4.78 is 12.7. The molecule has 0 radical (unpaired) electrons. The van der Waals surface area contributed by atoms with Crippen molar-refractivity contribution in [2.45, 2.75) is 32.7 Å². The van der Waals surface area contributed by atoms with E-state index in [9.17, 15) is 9.59 Å². The molecule has 2 aromatic carbocycles. The Morgan fingerprint density at radius 1 is 0.949 bits per heavy atom. The average Bonchev–Trinajstić information content (AvgIpc) is 3.58. The highest BCUT2D eigenvalue weighted by Gasteiger charge is 2.19. The number of hydrogen-bond acceptors (Lipinski definition) is 5. The van der Waals surface area contributed by atoms with Gasteiger partial charge in [0.2, 0.25) is 0 Å². The first-order chi connectivity index (χ1) is 18.8. The van der Waals surface area contributed by atoms with Crippen molar-refractivity contribution in [3.63, 3.8) is 0 Å². The number of furan rings is 1. The van der Waals surface area contributed by atoms with E-state index < -0.39 is 0 Å². The molecular weight excluding hydrogens is 492 g/mol. The van der Waals surface area contributed by atoms with Crippen molar-refractivity contribution in [1.29, 1.82) is 0 Å². The van der Waals surface area contributed by atoms with E-state index >= 15 is 0 Å². The highest BCUT2D eigenvalue weighted by Crippen LogP contribution is 2.27. The van der Waals surface area contributed by atoms with Crippen LogP contribution in [-0.2, 0) is 16.7 Å². The minimum Gasteiger partial charge on any atom is -0.459 e. The summed E-state index contributed by atoms with van der Waals surface area (Å²) in [4.78, 5) is 28.2. The second kappa shape index (κ2) is 11.5. The predicted molar refractivity (Wildman–Crippen MR) is 152 cm³/mol. The quantitative estimate of drug-likeness (QED) is 0.340. The van der Waals surface area contributed by atoms with E-state index in [-0.39, 0.29) is 23.0 Å². The molecule has 1 aliphatic rings. The fourth-order valence-corrected chi connectivity index (χ4v) is 4.84. The number of carbonyl (C=O) groups is 2. The number of ether oxygens (including phenoxy) is 1. The summed E-state index contributed by atoms with van der Waals surface area (Å²) in [7, 11) is 0. The lowest BCUT2D eigenvalue weighted by Gasteiger charge is -2.26. The molecule has 1 fully saturated rings. The number of rotatable bonds is 8. The number of fused-ring (bicyclic) bond motifs is 1. The Bertz CT molecular complexity index is 1430. The molecule has 2 amide bonds. The van der Waals surface area contributed by atoms with Crippen molar-refractivity contribution >= 4 is 28.4 Å². The number of carbonyl (C=O) groups excluding carboxylic acids is 2. The number of benzene rings is 2. The summed E-state index contributed by atoms with van der Waals surface area (Å²) in [6, 6.07) is 19.4. The summed E-state index contributed by atoms with van der Waals surface area (Å²) in [5, 5.41) is 6.85. The second-order valence-corrected chi connectivity index (χ2v) is 11.0. The monoisotopic (exact) mass is 528 g/mol. The molecule has 204 valence electrons. The van der Waals surface area contributed by atoms with Gasteiger partial charge in [0, 0.05) is 49.3 Å². The van der Waals surface area contributed by atoms with Gasteiger partial charge in [-0.3, -0.25) is 14.5 Å². The van der Waals surface area contributed by atoms with Crippen molar-refractivity contribution in [3.8, 4) is 0 Å². The Balaban J connectivity index is 1.40. The first-order valence-corrected chi connectivity index (χ1v) is 13.4. The molecule has 1 aliphatic heterocycles. The van der Waals surface area contributed by atoms with E-state index in [1.54, 1.807) is 12.1 Å². The van der Waals surface area contributed by atoms with E-state index in [1.807, 2.05) is 28.8 Å². The Kier molecular flexibility index (Phi) is 7.86. The van der Waals surface area contributed by atoms with Gasteiger partial charge in [-0.15, -0.1) is 0 Å². The van der Waals surface area contributed by atoms with Crippen molar-refractivity contribution in [3.05, 3.63) is 89.5 Å². The van der Waals surface area contributed by atoms with Crippen LogP contribution in [0.2, 0.25) is 0 Å². The Morgan fingerprint density at radius 3 is 2.41 bits per heavy atom. The molecule has 39 heavy (non-hydrogen) atoms. The number of anilines is 1. The molecule has 0 unspecified atom stereocenters. The third-order valence-corrected chi connectivity index (χ3v) is 7.11. The molecule has 0 spiro atoms. The SMILES string of the molecule is CC(C)(C)c1ccc(Cn2c(C(=O)NCCN3CCOCC3)cc3cc(NC(=O)c4ccco4)ccc32)cc1. The van der Waals surface area contributed by atoms with Gasteiger partial charge >= 0.3 is 0 Å². The zero-order chi connectivity index (χ0) is 27.4. The fourth-order valence-electron chi connectivity index (χ4n) is 4.84. The molecule has 2 N–H and O–H groups in total. The molecule has 1 saturated heterocycles. The number of hydrogen-bond donors (Lipinski definition) is 2. The summed E-state index contributed by atoms with van der Waals surface area (Å²) in [6.45, 7) is 11.7. The van der Waals surface area contributed by atoms with Gasteiger partial charge in [-0.1, -0.05) is 45.0 Å². The van der Waals surface area contributed by atoms with Crippen molar-refractivity contribution < 1.29 is 18.7 Å². The van der Waals surface area contributed by atoms with Gasteiger partial charge in [0.05, 0.1) is 19.5 Å². The molecule has 0 atom stereocenters. The Morgan fingerprint density at radius 2 is 1.72 bits per heavy atom. The third kappa shape index (κ3) is 6.41. The molecule has 0 bridgehead atoms. The zero-order valence-corrected chi connectivity index (χ0v) is 22.8. The summed E-state index contributed by atoms with van der Waals surface area (Å²) in [5.41, 5.74) is 4.58.